The van der Waals surface area contributed by atoms with Crippen molar-refractivity contribution >= 4 is 6.34 Å². The van der Waals surface area contributed by atoms with Gasteiger partial charge in [0, 0.05) is 46.5 Å². The van der Waals surface area contributed by atoms with Crippen molar-refractivity contribution in [3.8, 4) is 17.6 Å². The molecule has 1 heterocycles. The minimum absolute atomic E-state index is 0.173. The first-order valence-corrected chi connectivity index (χ1v) is 15.8. The zero-order valence-corrected chi connectivity index (χ0v) is 27.4. The van der Waals surface area contributed by atoms with Crippen molar-refractivity contribution in [2.24, 2.45) is 10.3 Å². The molecule has 0 saturated carbocycles. The molecule has 7 nitrogen and oxygen atoms in total. The van der Waals surface area contributed by atoms with E-state index >= 15 is 8.78 Å². The Morgan fingerprint density at radius 1 is 0.898 bits per heavy atom. The lowest BCUT2D eigenvalue weighted by Gasteiger charge is -2.36. The van der Waals surface area contributed by atoms with Crippen LogP contribution < -0.4 is 4.74 Å². The average molecular weight is 674 g/mol. The predicted molar refractivity (Wildman–Crippen MR) is 177 cm³/mol. The molecule has 0 aromatic heterocycles. The second-order valence-corrected chi connectivity index (χ2v) is 12.1. The van der Waals surface area contributed by atoms with Crippen LogP contribution in [0.5, 0.6) is 5.75 Å². The van der Waals surface area contributed by atoms with Gasteiger partial charge in [-0.05, 0) is 85.6 Å². The second-order valence-electron chi connectivity index (χ2n) is 12.1. The first-order valence-electron chi connectivity index (χ1n) is 15.8. The Hall–Kier alpha value is -4.89. The molecule has 0 spiro atoms. The molecule has 11 heteroatoms. The first-order chi connectivity index (χ1) is 23.4. The van der Waals surface area contributed by atoms with E-state index in [9.17, 15) is 19.0 Å². The van der Waals surface area contributed by atoms with E-state index in [1.807, 2.05) is 31.3 Å². The highest BCUT2D eigenvalue weighted by atomic mass is 19.3. The summed E-state index contributed by atoms with van der Waals surface area (Å²) in [6, 6.07) is 21.5. The summed E-state index contributed by atoms with van der Waals surface area (Å²) in [5.74, 6) is 0.409. The third kappa shape index (κ3) is 8.40. The third-order valence-electron chi connectivity index (χ3n) is 8.13. The summed E-state index contributed by atoms with van der Waals surface area (Å²) in [6.45, 7) is 4.35. The number of hydrogen-bond donors (Lipinski definition) is 2. The van der Waals surface area contributed by atoms with E-state index in [-0.39, 0.29) is 18.1 Å². The minimum Gasteiger partial charge on any atom is -0.489 e. The van der Waals surface area contributed by atoms with Gasteiger partial charge in [-0.25, -0.2) is 8.78 Å². The van der Waals surface area contributed by atoms with Crippen molar-refractivity contribution in [3.05, 3.63) is 136 Å². The Morgan fingerprint density at radius 2 is 1.53 bits per heavy atom. The molecule has 254 valence electrons. The Labute approximate surface area is 282 Å². The molecule has 4 aromatic carbocycles. The number of β-amino-alcohol motifs (C(OH)–C–C–N with tert-alkyl or cyclic N) is 1. The van der Waals surface area contributed by atoms with Crippen molar-refractivity contribution in [1.82, 2.24) is 4.90 Å². The molecule has 4 aromatic rings. The van der Waals surface area contributed by atoms with Gasteiger partial charge in [-0.15, -0.1) is 4.70 Å². The number of aliphatic hydroxyl groups excluding tert-OH is 1. The number of likely N-dealkylation sites (N-methyl/N-ethyl adjacent to an activating group) is 1. The quantitative estimate of drug-likeness (QED) is 0.0939. The highest BCUT2D eigenvalue weighted by Gasteiger charge is 2.58. The van der Waals surface area contributed by atoms with Crippen LogP contribution in [-0.2, 0) is 31.1 Å². The fraction of sp³-hybridized carbons (Fsp3) is 0.289. The number of hydrogen-bond acceptors (Lipinski definition) is 6. The number of halogens is 4. The van der Waals surface area contributed by atoms with E-state index in [1.54, 1.807) is 38.1 Å². The van der Waals surface area contributed by atoms with Crippen molar-refractivity contribution < 1.29 is 37.2 Å². The normalized spacial score (nSPS) is 14.4. The van der Waals surface area contributed by atoms with Crippen LogP contribution in [0, 0.1) is 23.5 Å². The standard InChI is InChI=1S/C38H37F4N4O3/c1-4-31-19-28(13-17-34(31)38(41,42)37(48,24-46-25-43-44-46)35-18-14-32(39)20-36(35)40)6-5-27-11-15-33(16-12-27)49-23-30-9-7-29(8-10-30)22-45(3)21-26(2)47/h7-20,25-26,47-48H,4,21-24H2,1-3H3/q+1. The summed E-state index contributed by atoms with van der Waals surface area (Å²) in [7, 11) is 1.96. The van der Waals surface area contributed by atoms with E-state index in [0.717, 1.165) is 40.8 Å². The molecule has 0 aliphatic carbocycles. The zero-order valence-electron chi connectivity index (χ0n) is 27.4. The van der Waals surface area contributed by atoms with Gasteiger partial charge < -0.3 is 14.9 Å². The summed E-state index contributed by atoms with van der Waals surface area (Å²) in [6.07, 6.45) is 0.915. The highest BCUT2D eigenvalue weighted by molar-refractivity contribution is 5.49. The van der Waals surface area contributed by atoms with Crippen molar-refractivity contribution in [2.75, 3.05) is 20.1 Å². The molecular weight excluding hydrogens is 636 g/mol. The zero-order chi connectivity index (χ0) is 35.2. The van der Waals surface area contributed by atoms with Gasteiger partial charge in [0.15, 0.2) is 5.60 Å². The Bertz CT molecular complexity index is 1900. The summed E-state index contributed by atoms with van der Waals surface area (Å²) in [5, 5.41) is 28.1. The summed E-state index contributed by atoms with van der Waals surface area (Å²) < 4.78 is 68.1. The Balaban J connectivity index is 1.28. The van der Waals surface area contributed by atoms with Gasteiger partial charge in [0.25, 0.3) is 6.34 Å². The van der Waals surface area contributed by atoms with E-state index < -0.39 is 40.8 Å². The monoisotopic (exact) mass is 673 g/mol. The van der Waals surface area contributed by atoms with Gasteiger partial charge >= 0.3 is 5.92 Å². The van der Waals surface area contributed by atoms with Crippen LogP contribution >= 0.6 is 0 Å². The van der Waals surface area contributed by atoms with Crippen molar-refractivity contribution in [2.45, 2.75) is 51.0 Å². The summed E-state index contributed by atoms with van der Waals surface area (Å²) in [4.78, 5) is 2.06. The third-order valence-corrected chi connectivity index (χ3v) is 8.13. The number of aryl methyl sites for hydroxylation is 1. The fourth-order valence-corrected chi connectivity index (χ4v) is 5.62. The van der Waals surface area contributed by atoms with Crippen LogP contribution in [0.2, 0.25) is 0 Å². The smallest absolute Gasteiger partial charge is 0.309 e. The van der Waals surface area contributed by atoms with E-state index in [1.165, 1.54) is 18.2 Å². The van der Waals surface area contributed by atoms with Crippen LogP contribution in [0.3, 0.4) is 0 Å². The van der Waals surface area contributed by atoms with Gasteiger partial charge in [-0.1, -0.05) is 49.1 Å². The molecule has 0 radical (unpaired) electrons. The van der Waals surface area contributed by atoms with Gasteiger partial charge in [0.05, 0.1) is 11.3 Å². The molecule has 2 atom stereocenters. The maximum absolute atomic E-state index is 16.4. The molecule has 49 heavy (non-hydrogen) atoms. The van der Waals surface area contributed by atoms with E-state index in [2.05, 4.69) is 27.1 Å². The largest absolute Gasteiger partial charge is 0.489 e. The number of ether oxygens (including phenoxy) is 1. The molecular formula is C38H37F4N4O3+. The van der Waals surface area contributed by atoms with E-state index in [0.29, 0.717) is 36.1 Å². The lowest BCUT2D eigenvalue weighted by atomic mass is 9.80. The predicted octanol–water partition coefficient (Wildman–Crippen LogP) is 6.72. The lowest BCUT2D eigenvalue weighted by molar-refractivity contribution is -0.527. The highest BCUT2D eigenvalue weighted by Crippen LogP contribution is 2.48. The number of aliphatic hydroxyl groups is 2. The fourth-order valence-electron chi connectivity index (χ4n) is 5.62. The second kappa shape index (κ2) is 15.1. The summed E-state index contributed by atoms with van der Waals surface area (Å²) in [5.41, 5.74) is -0.873. The van der Waals surface area contributed by atoms with Crippen LogP contribution in [-0.4, -0.2) is 52.4 Å². The summed E-state index contributed by atoms with van der Waals surface area (Å²) >= 11 is 0. The maximum atomic E-state index is 16.4. The van der Waals surface area contributed by atoms with Gasteiger partial charge in [0.2, 0.25) is 0 Å². The number of alkyl halides is 2. The Morgan fingerprint density at radius 3 is 2.14 bits per heavy atom. The molecule has 5 rings (SSSR count). The Kier molecular flexibility index (Phi) is 10.9. The van der Waals surface area contributed by atoms with Crippen LogP contribution in [0.4, 0.5) is 17.6 Å². The van der Waals surface area contributed by atoms with Crippen molar-refractivity contribution in [1.29, 1.82) is 0 Å². The van der Waals surface area contributed by atoms with Crippen molar-refractivity contribution in [3.63, 3.8) is 0 Å². The molecule has 2 N–H and O–H groups in total. The molecule has 0 bridgehead atoms. The number of rotatable bonds is 13. The molecule has 0 fully saturated rings. The van der Waals surface area contributed by atoms with Gasteiger partial charge in [-0.3, -0.25) is 4.90 Å². The van der Waals surface area contributed by atoms with Gasteiger partial charge in [-0.2, -0.15) is 8.78 Å². The maximum Gasteiger partial charge on any atom is 0.309 e. The average Bonchev–Trinajstić information content (AvgIpc) is 3.05. The molecule has 0 saturated heterocycles. The lowest BCUT2D eigenvalue weighted by Crippen LogP contribution is -2.50. The van der Waals surface area contributed by atoms with Crippen LogP contribution in [0.25, 0.3) is 0 Å². The molecule has 1 aliphatic rings. The van der Waals surface area contributed by atoms with Gasteiger partial charge in [0.1, 0.15) is 30.5 Å². The van der Waals surface area contributed by atoms with Crippen LogP contribution in [0.1, 0.15) is 52.8 Å². The topological polar surface area (TPSA) is 80.7 Å². The number of nitrogens with zero attached hydrogens (tertiary/aromatic N) is 4. The molecule has 2 unspecified atom stereocenters. The minimum atomic E-state index is -4.02. The number of benzene rings is 4. The van der Waals surface area contributed by atoms with Crippen LogP contribution in [0.15, 0.2) is 95.3 Å². The van der Waals surface area contributed by atoms with E-state index in [4.69, 9.17) is 4.74 Å². The SMILES string of the molecule is CCc1cc(C#Cc2ccc(OCc3ccc(CN(C)CC(C)O)cc3)cc2)ccc1C(F)(F)C(O)(C[N+]1=NN=C1)c1ccc(F)cc1F. The first kappa shape index (κ1) is 35.4. The molecule has 0 amide bonds. The molecule has 1 aliphatic heterocycles.